The molecule has 1 aliphatic rings. The highest BCUT2D eigenvalue weighted by Crippen LogP contribution is 2.17. The van der Waals surface area contributed by atoms with E-state index in [2.05, 4.69) is 5.32 Å². The average molecular weight is 249 g/mol. The summed E-state index contributed by atoms with van der Waals surface area (Å²) in [5.74, 6) is 0.491. The second-order valence-electron chi connectivity index (χ2n) is 4.04. The van der Waals surface area contributed by atoms with Crippen LogP contribution in [0.1, 0.15) is 11.6 Å². The Bertz CT molecular complexity index is 442. The van der Waals surface area contributed by atoms with Crippen molar-refractivity contribution in [3.63, 3.8) is 0 Å². The van der Waals surface area contributed by atoms with Gasteiger partial charge in [-0.05, 0) is 17.7 Å². The van der Waals surface area contributed by atoms with Gasteiger partial charge in [-0.15, -0.1) is 0 Å². The van der Waals surface area contributed by atoms with E-state index in [4.69, 9.17) is 10.5 Å². The van der Waals surface area contributed by atoms with Crippen LogP contribution in [0.3, 0.4) is 0 Å². The first-order chi connectivity index (χ1) is 8.61. The molecule has 0 aliphatic carbocycles. The van der Waals surface area contributed by atoms with Gasteiger partial charge in [-0.1, -0.05) is 12.1 Å². The van der Waals surface area contributed by atoms with E-state index < -0.39 is 6.04 Å². The van der Waals surface area contributed by atoms with Gasteiger partial charge >= 0.3 is 6.03 Å². The molecule has 6 nitrogen and oxygen atoms in total. The highest BCUT2D eigenvalue weighted by Gasteiger charge is 2.29. The zero-order valence-corrected chi connectivity index (χ0v) is 10.1. The lowest BCUT2D eigenvalue weighted by molar-refractivity contribution is -0.125. The SMILES string of the molecule is COc1ccc(C(N)CN2C(=O)CNC2=O)cc1. The first-order valence-electron chi connectivity index (χ1n) is 5.59. The molecule has 1 fully saturated rings. The lowest BCUT2D eigenvalue weighted by atomic mass is 10.1. The van der Waals surface area contributed by atoms with Gasteiger partial charge < -0.3 is 15.8 Å². The van der Waals surface area contributed by atoms with Crippen LogP contribution in [0.15, 0.2) is 24.3 Å². The average Bonchev–Trinajstić information content (AvgIpc) is 2.70. The van der Waals surface area contributed by atoms with E-state index in [0.29, 0.717) is 0 Å². The summed E-state index contributed by atoms with van der Waals surface area (Å²) in [4.78, 5) is 23.9. The maximum absolute atomic E-state index is 11.4. The van der Waals surface area contributed by atoms with Crippen LogP contribution in [-0.4, -0.2) is 37.0 Å². The van der Waals surface area contributed by atoms with Gasteiger partial charge in [0.05, 0.1) is 13.7 Å². The summed E-state index contributed by atoms with van der Waals surface area (Å²) in [6.07, 6.45) is 0. The van der Waals surface area contributed by atoms with Crippen molar-refractivity contribution in [2.75, 3.05) is 20.2 Å². The van der Waals surface area contributed by atoms with E-state index in [-0.39, 0.29) is 25.0 Å². The number of amides is 3. The van der Waals surface area contributed by atoms with Crippen LogP contribution in [0.25, 0.3) is 0 Å². The molecular weight excluding hydrogens is 234 g/mol. The van der Waals surface area contributed by atoms with Crippen LogP contribution in [-0.2, 0) is 4.79 Å². The Kier molecular flexibility index (Phi) is 3.47. The summed E-state index contributed by atoms with van der Waals surface area (Å²) in [7, 11) is 1.59. The van der Waals surface area contributed by atoms with Crippen molar-refractivity contribution in [2.45, 2.75) is 6.04 Å². The van der Waals surface area contributed by atoms with Crippen LogP contribution in [0.2, 0.25) is 0 Å². The molecule has 0 radical (unpaired) electrons. The third kappa shape index (κ3) is 2.43. The molecule has 1 saturated heterocycles. The van der Waals surface area contributed by atoms with Gasteiger partial charge in [0.1, 0.15) is 5.75 Å². The van der Waals surface area contributed by atoms with Gasteiger partial charge in [-0.3, -0.25) is 9.69 Å². The third-order valence-electron chi connectivity index (χ3n) is 2.86. The van der Waals surface area contributed by atoms with Crippen molar-refractivity contribution in [3.05, 3.63) is 29.8 Å². The molecule has 1 aromatic rings. The Morgan fingerprint density at radius 3 is 2.56 bits per heavy atom. The molecule has 96 valence electrons. The Balaban J connectivity index is 2.04. The third-order valence-corrected chi connectivity index (χ3v) is 2.86. The summed E-state index contributed by atoms with van der Waals surface area (Å²) in [5.41, 5.74) is 6.83. The molecule has 3 amide bonds. The number of urea groups is 1. The zero-order valence-electron chi connectivity index (χ0n) is 10.1. The molecule has 3 N–H and O–H groups in total. The molecule has 0 saturated carbocycles. The van der Waals surface area contributed by atoms with Gasteiger partial charge in [0.15, 0.2) is 0 Å². The number of ether oxygens (including phenoxy) is 1. The molecular formula is C12H15N3O3. The Morgan fingerprint density at radius 2 is 2.06 bits per heavy atom. The quantitative estimate of drug-likeness (QED) is 0.749. The maximum atomic E-state index is 11.4. The van der Waals surface area contributed by atoms with E-state index in [1.807, 2.05) is 12.1 Å². The fourth-order valence-electron chi connectivity index (χ4n) is 1.79. The number of methoxy groups -OCH3 is 1. The lowest BCUT2D eigenvalue weighted by Gasteiger charge is -2.18. The number of nitrogens with two attached hydrogens (primary N) is 1. The summed E-state index contributed by atoms with van der Waals surface area (Å²) >= 11 is 0. The Morgan fingerprint density at radius 1 is 1.39 bits per heavy atom. The molecule has 1 unspecified atom stereocenters. The smallest absolute Gasteiger partial charge is 0.324 e. The van der Waals surface area contributed by atoms with Gasteiger partial charge in [-0.25, -0.2) is 4.79 Å². The first-order valence-corrected chi connectivity index (χ1v) is 5.59. The molecule has 1 aliphatic heterocycles. The summed E-state index contributed by atoms with van der Waals surface area (Å²) < 4.78 is 5.05. The van der Waals surface area contributed by atoms with Crippen LogP contribution >= 0.6 is 0 Å². The molecule has 0 bridgehead atoms. The van der Waals surface area contributed by atoms with Crippen LogP contribution < -0.4 is 15.8 Å². The Hall–Kier alpha value is -2.08. The number of benzene rings is 1. The number of hydrogen-bond donors (Lipinski definition) is 2. The number of nitrogens with one attached hydrogen (secondary N) is 1. The van der Waals surface area contributed by atoms with E-state index in [1.165, 1.54) is 0 Å². The van der Waals surface area contributed by atoms with Crippen LogP contribution in [0.4, 0.5) is 4.79 Å². The molecule has 0 aromatic heterocycles. The molecule has 1 atom stereocenters. The molecule has 1 aromatic carbocycles. The van der Waals surface area contributed by atoms with Crippen molar-refractivity contribution in [1.29, 1.82) is 0 Å². The fraction of sp³-hybridized carbons (Fsp3) is 0.333. The fourth-order valence-corrected chi connectivity index (χ4v) is 1.79. The van der Waals surface area contributed by atoms with E-state index in [0.717, 1.165) is 16.2 Å². The van der Waals surface area contributed by atoms with Crippen molar-refractivity contribution in [3.8, 4) is 5.75 Å². The largest absolute Gasteiger partial charge is 0.497 e. The number of imide groups is 1. The standard InChI is InChI=1S/C12H15N3O3/c1-18-9-4-2-8(3-5-9)10(13)7-15-11(16)6-14-12(15)17/h2-5,10H,6-7,13H2,1H3,(H,14,17). The van der Waals surface area contributed by atoms with Crippen molar-refractivity contribution in [2.24, 2.45) is 5.73 Å². The molecule has 1 heterocycles. The second-order valence-corrected chi connectivity index (χ2v) is 4.04. The zero-order chi connectivity index (χ0) is 13.1. The minimum absolute atomic E-state index is 0.0498. The van der Waals surface area contributed by atoms with Crippen molar-refractivity contribution in [1.82, 2.24) is 10.2 Å². The summed E-state index contributed by atoms with van der Waals surface area (Å²) in [6.45, 7) is 0.227. The molecule has 2 rings (SSSR count). The lowest BCUT2D eigenvalue weighted by Crippen LogP contribution is -2.37. The predicted molar refractivity (Wildman–Crippen MR) is 65.0 cm³/mol. The van der Waals surface area contributed by atoms with Gasteiger partial charge in [0.25, 0.3) is 0 Å². The minimum atomic E-state index is -0.399. The topological polar surface area (TPSA) is 84.7 Å². The molecule has 6 heteroatoms. The van der Waals surface area contributed by atoms with Gasteiger partial charge in [-0.2, -0.15) is 0 Å². The molecule has 18 heavy (non-hydrogen) atoms. The number of hydrogen-bond acceptors (Lipinski definition) is 4. The summed E-state index contributed by atoms with van der Waals surface area (Å²) in [6, 6.07) is 6.44. The monoisotopic (exact) mass is 249 g/mol. The number of nitrogens with zero attached hydrogens (tertiary/aromatic N) is 1. The normalized spacial score (nSPS) is 16.7. The number of carbonyl (C=O) groups is 2. The second kappa shape index (κ2) is 5.05. The Labute approximate surface area is 105 Å². The van der Waals surface area contributed by atoms with Crippen LogP contribution in [0.5, 0.6) is 5.75 Å². The predicted octanol–water partition coefficient (Wildman–Crippen LogP) is 0.247. The van der Waals surface area contributed by atoms with Crippen molar-refractivity contribution < 1.29 is 14.3 Å². The first kappa shape index (κ1) is 12.4. The van der Waals surface area contributed by atoms with Gasteiger partial charge in [0.2, 0.25) is 5.91 Å². The van der Waals surface area contributed by atoms with Crippen molar-refractivity contribution >= 4 is 11.9 Å². The molecule has 0 spiro atoms. The maximum Gasteiger partial charge on any atom is 0.324 e. The van der Waals surface area contributed by atoms with E-state index in [9.17, 15) is 9.59 Å². The van der Waals surface area contributed by atoms with E-state index >= 15 is 0 Å². The van der Waals surface area contributed by atoms with E-state index in [1.54, 1.807) is 19.2 Å². The summed E-state index contributed by atoms with van der Waals surface area (Å²) in [5, 5.41) is 2.46. The highest BCUT2D eigenvalue weighted by molar-refractivity contribution is 6.01. The number of carbonyl (C=O) groups excluding carboxylic acids is 2. The minimum Gasteiger partial charge on any atom is -0.497 e. The highest BCUT2D eigenvalue weighted by atomic mass is 16.5. The number of rotatable bonds is 4. The van der Waals surface area contributed by atoms with Gasteiger partial charge in [0, 0.05) is 12.6 Å². The van der Waals surface area contributed by atoms with Crippen LogP contribution in [0, 0.1) is 0 Å².